The van der Waals surface area contributed by atoms with E-state index >= 15 is 0 Å². The van der Waals surface area contributed by atoms with Gasteiger partial charge in [0.25, 0.3) is 0 Å². The van der Waals surface area contributed by atoms with Crippen molar-refractivity contribution in [2.75, 3.05) is 39.3 Å². The first-order valence-corrected chi connectivity index (χ1v) is 6.91. The molecule has 0 N–H and O–H groups in total. The Morgan fingerprint density at radius 2 is 1.94 bits per heavy atom. The van der Waals surface area contributed by atoms with Crippen molar-refractivity contribution in [3.05, 3.63) is 0 Å². The third kappa shape index (κ3) is 3.68. The van der Waals surface area contributed by atoms with Crippen molar-refractivity contribution in [3.8, 4) is 0 Å². The van der Waals surface area contributed by atoms with Crippen molar-refractivity contribution in [2.24, 2.45) is 0 Å². The largest absolute Gasteiger partial charge is 0.466 e. The van der Waals surface area contributed by atoms with Crippen molar-refractivity contribution in [1.82, 2.24) is 9.80 Å². The molecule has 1 saturated carbocycles. The van der Waals surface area contributed by atoms with Crippen LogP contribution in [0.25, 0.3) is 0 Å². The highest BCUT2D eigenvalue weighted by Crippen LogP contribution is 2.25. The number of nitrogens with zero attached hydrogens (tertiary/aromatic N) is 2. The number of carbonyl (C=O) groups excluding carboxylic acids is 1. The first-order valence-electron chi connectivity index (χ1n) is 6.91. The second-order valence-corrected chi connectivity index (χ2v) is 5.02. The van der Waals surface area contributed by atoms with Gasteiger partial charge >= 0.3 is 5.97 Å². The molecule has 0 unspecified atom stereocenters. The zero-order chi connectivity index (χ0) is 12.1. The molecule has 0 aromatic rings. The predicted octanol–water partition coefficient (Wildman–Crippen LogP) is 1.11. The van der Waals surface area contributed by atoms with Crippen LogP contribution in [-0.2, 0) is 9.53 Å². The van der Waals surface area contributed by atoms with Crippen LogP contribution >= 0.6 is 0 Å². The Morgan fingerprint density at radius 1 is 1.24 bits per heavy atom. The van der Waals surface area contributed by atoms with Gasteiger partial charge in [0.1, 0.15) is 0 Å². The molecule has 17 heavy (non-hydrogen) atoms. The minimum Gasteiger partial charge on any atom is -0.466 e. The maximum absolute atomic E-state index is 11.3. The number of hydrogen-bond acceptors (Lipinski definition) is 4. The molecule has 0 radical (unpaired) electrons. The quantitative estimate of drug-likeness (QED) is 0.674. The molecule has 2 fully saturated rings. The van der Waals surface area contributed by atoms with Crippen molar-refractivity contribution < 1.29 is 9.53 Å². The van der Waals surface area contributed by atoms with Crippen molar-refractivity contribution in [1.29, 1.82) is 0 Å². The van der Waals surface area contributed by atoms with E-state index in [9.17, 15) is 4.79 Å². The van der Waals surface area contributed by atoms with E-state index in [4.69, 9.17) is 4.74 Å². The number of piperazine rings is 1. The van der Waals surface area contributed by atoms with Crippen molar-refractivity contribution in [3.63, 3.8) is 0 Å². The van der Waals surface area contributed by atoms with Crippen LogP contribution in [0.4, 0.5) is 0 Å². The lowest BCUT2D eigenvalue weighted by Crippen LogP contribution is -2.52. The third-order valence-electron chi connectivity index (χ3n) is 3.94. The van der Waals surface area contributed by atoms with E-state index in [2.05, 4.69) is 9.80 Å². The van der Waals surface area contributed by atoms with Gasteiger partial charge in [-0.1, -0.05) is 6.42 Å². The summed E-state index contributed by atoms with van der Waals surface area (Å²) in [5.74, 6) is -0.0612. The van der Waals surface area contributed by atoms with Crippen molar-refractivity contribution in [2.45, 2.75) is 38.6 Å². The lowest BCUT2D eigenvalue weighted by atomic mass is 9.91. The standard InChI is InChI=1S/C13H24N2O2/c1-2-17-13(16)6-7-14-8-10-15(11-9-14)12-4-3-5-12/h12H,2-11H2,1H3. The van der Waals surface area contributed by atoms with Gasteiger partial charge in [0.15, 0.2) is 0 Å². The highest BCUT2D eigenvalue weighted by molar-refractivity contribution is 5.69. The van der Waals surface area contributed by atoms with E-state index < -0.39 is 0 Å². The van der Waals surface area contributed by atoms with E-state index in [0.717, 1.165) is 25.7 Å². The maximum atomic E-state index is 11.3. The SMILES string of the molecule is CCOC(=O)CCN1CCN(C2CCC2)CC1. The molecule has 0 spiro atoms. The second kappa shape index (κ2) is 6.36. The zero-order valence-electron chi connectivity index (χ0n) is 10.9. The zero-order valence-corrected chi connectivity index (χ0v) is 10.9. The fourth-order valence-corrected chi connectivity index (χ4v) is 2.59. The van der Waals surface area contributed by atoms with E-state index in [1.54, 1.807) is 0 Å². The summed E-state index contributed by atoms with van der Waals surface area (Å²) in [6, 6.07) is 0.863. The molecule has 98 valence electrons. The Labute approximate surface area is 104 Å². The van der Waals surface area contributed by atoms with Gasteiger partial charge in [0.05, 0.1) is 13.0 Å². The molecule has 4 heteroatoms. The summed E-state index contributed by atoms with van der Waals surface area (Å²) in [5.41, 5.74) is 0. The Morgan fingerprint density at radius 3 is 2.47 bits per heavy atom. The highest BCUT2D eigenvalue weighted by Gasteiger charge is 2.27. The Kier molecular flexibility index (Phi) is 4.80. The number of carbonyl (C=O) groups is 1. The lowest BCUT2D eigenvalue weighted by molar-refractivity contribution is -0.143. The average molecular weight is 240 g/mol. The van der Waals surface area contributed by atoms with Crippen LogP contribution in [0.2, 0.25) is 0 Å². The summed E-state index contributed by atoms with van der Waals surface area (Å²) in [7, 11) is 0. The van der Waals surface area contributed by atoms with E-state index in [-0.39, 0.29) is 5.97 Å². The fraction of sp³-hybridized carbons (Fsp3) is 0.923. The van der Waals surface area contributed by atoms with Gasteiger partial charge in [-0.2, -0.15) is 0 Å². The summed E-state index contributed by atoms with van der Waals surface area (Å²) in [5, 5.41) is 0. The normalized spacial score (nSPS) is 23.4. The van der Waals surface area contributed by atoms with Crippen LogP contribution in [0.1, 0.15) is 32.6 Å². The molecule has 0 aromatic heterocycles. The monoisotopic (exact) mass is 240 g/mol. The van der Waals surface area contributed by atoms with Crippen LogP contribution in [0, 0.1) is 0 Å². The van der Waals surface area contributed by atoms with Gasteiger partial charge in [-0.05, 0) is 19.8 Å². The van der Waals surface area contributed by atoms with Crippen LogP contribution in [-0.4, -0.2) is 61.1 Å². The predicted molar refractivity (Wildman–Crippen MR) is 66.9 cm³/mol. The average Bonchev–Trinajstić information content (AvgIpc) is 2.26. The first-order chi connectivity index (χ1) is 8.29. The molecule has 1 aliphatic carbocycles. The molecule has 1 heterocycles. The number of rotatable bonds is 5. The van der Waals surface area contributed by atoms with Crippen molar-refractivity contribution >= 4 is 5.97 Å². The molecule has 0 atom stereocenters. The Bertz CT molecular complexity index is 246. The molecule has 1 aliphatic heterocycles. The number of ether oxygens (including phenoxy) is 1. The van der Waals surface area contributed by atoms with E-state index in [0.29, 0.717) is 13.0 Å². The third-order valence-corrected chi connectivity index (χ3v) is 3.94. The minimum absolute atomic E-state index is 0.0612. The van der Waals surface area contributed by atoms with Gasteiger partial charge < -0.3 is 9.64 Å². The van der Waals surface area contributed by atoms with Gasteiger partial charge in [0.2, 0.25) is 0 Å². The number of esters is 1. The minimum atomic E-state index is -0.0612. The van der Waals surface area contributed by atoms with Gasteiger partial charge in [-0.15, -0.1) is 0 Å². The Hall–Kier alpha value is -0.610. The maximum Gasteiger partial charge on any atom is 0.307 e. The van der Waals surface area contributed by atoms with Gasteiger partial charge in [-0.25, -0.2) is 0 Å². The molecule has 0 aromatic carbocycles. The molecule has 1 saturated heterocycles. The molecular formula is C13H24N2O2. The first kappa shape index (κ1) is 12.8. The molecule has 0 bridgehead atoms. The van der Waals surface area contributed by atoms with Crippen LogP contribution < -0.4 is 0 Å². The Balaban J connectivity index is 1.60. The molecule has 2 rings (SSSR count). The molecule has 0 amide bonds. The van der Waals surface area contributed by atoms with Gasteiger partial charge in [-0.3, -0.25) is 9.69 Å². The summed E-state index contributed by atoms with van der Waals surface area (Å²) in [4.78, 5) is 16.3. The lowest BCUT2D eigenvalue weighted by Gasteiger charge is -2.42. The summed E-state index contributed by atoms with van der Waals surface area (Å²) < 4.78 is 4.94. The van der Waals surface area contributed by atoms with Crippen LogP contribution in [0.15, 0.2) is 0 Å². The van der Waals surface area contributed by atoms with Gasteiger partial charge in [0, 0.05) is 38.8 Å². The fourth-order valence-electron chi connectivity index (χ4n) is 2.59. The summed E-state index contributed by atoms with van der Waals surface area (Å²) in [6.07, 6.45) is 4.73. The van der Waals surface area contributed by atoms with Crippen LogP contribution in [0.5, 0.6) is 0 Å². The number of hydrogen-bond donors (Lipinski definition) is 0. The topological polar surface area (TPSA) is 32.8 Å². The molecule has 4 nitrogen and oxygen atoms in total. The summed E-state index contributed by atoms with van der Waals surface area (Å²) in [6.45, 7) is 7.77. The molecule has 2 aliphatic rings. The highest BCUT2D eigenvalue weighted by atomic mass is 16.5. The van der Waals surface area contributed by atoms with Crippen LogP contribution in [0.3, 0.4) is 0 Å². The molecular weight excluding hydrogens is 216 g/mol. The smallest absolute Gasteiger partial charge is 0.307 e. The van der Waals surface area contributed by atoms with E-state index in [1.807, 2.05) is 6.92 Å². The second-order valence-electron chi connectivity index (χ2n) is 5.02. The summed E-state index contributed by atoms with van der Waals surface area (Å²) >= 11 is 0. The van der Waals surface area contributed by atoms with E-state index in [1.165, 1.54) is 32.4 Å².